The van der Waals surface area contributed by atoms with Crippen molar-refractivity contribution >= 4 is 17.0 Å². The highest BCUT2D eigenvalue weighted by Gasteiger charge is 2.20. The van der Waals surface area contributed by atoms with Crippen LogP contribution in [0.4, 0.5) is 0 Å². The molecule has 6 heteroatoms. The van der Waals surface area contributed by atoms with E-state index in [4.69, 9.17) is 9.84 Å². The summed E-state index contributed by atoms with van der Waals surface area (Å²) in [4.78, 5) is 11.0. The molecule has 1 atom stereocenters. The number of carbonyl (C=O) groups is 1. The van der Waals surface area contributed by atoms with E-state index in [0.29, 0.717) is 18.0 Å². The van der Waals surface area contributed by atoms with E-state index in [-0.39, 0.29) is 11.6 Å². The molecule has 2 aromatic rings. The smallest absolute Gasteiger partial charge is 0.335 e. The molecular formula is C13H17N3O3. The molecule has 1 aromatic carbocycles. The lowest BCUT2D eigenvalue weighted by atomic mass is 10.1. The Hall–Kier alpha value is -1.95. The lowest BCUT2D eigenvalue weighted by Gasteiger charge is -2.20. The lowest BCUT2D eigenvalue weighted by Crippen LogP contribution is -2.21. The molecule has 0 fully saturated rings. The molecule has 1 aromatic heterocycles. The van der Waals surface area contributed by atoms with Gasteiger partial charge < -0.3 is 9.84 Å². The third-order valence-corrected chi connectivity index (χ3v) is 3.14. The van der Waals surface area contributed by atoms with Gasteiger partial charge in [-0.3, -0.25) is 0 Å². The molecule has 102 valence electrons. The molecule has 0 saturated heterocycles. The minimum atomic E-state index is -0.956. The highest BCUT2D eigenvalue weighted by Crippen LogP contribution is 2.23. The van der Waals surface area contributed by atoms with Crippen LogP contribution in [0.2, 0.25) is 0 Å². The van der Waals surface area contributed by atoms with Gasteiger partial charge in [-0.1, -0.05) is 19.1 Å². The van der Waals surface area contributed by atoms with Crippen molar-refractivity contribution in [2.24, 2.45) is 5.92 Å². The van der Waals surface area contributed by atoms with E-state index in [0.717, 1.165) is 5.52 Å². The van der Waals surface area contributed by atoms with Crippen molar-refractivity contribution in [3.63, 3.8) is 0 Å². The standard InChI is InChI=1S/C13H17N3O3/c1-8(2)12(7-19-3)16-11-6-9(13(17)18)4-5-10(11)14-15-16/h4-6,8,12H,7H2,1-3H3,(H,17,18). The molecule has 1 heterocycles. The second-order valence-electron chi connectivity index (χ2n) is 4.81. The number of rotatable bonds is 5. The third kappa shape index (κ3) is 2.58. The fraction of sp³-hybridized carbons (Fsp3) is 0.462. The van der Waals surface area contributed by atoms with E-state index in [2.05, 4.69) is 24.2 Å². The number of carboxylic acid groups (broad SMARTS) is 1. The highest BCUT2D eigenvalue weighted by molar-refractivity contribution is 5.92. The number of hydrogen-bond acceptors (Lipinski definition) is 4. The lowest BCUT2D eigenvalue weighted by molar-refractivity contribution is 0.0697. The van der Waals surface area contributed by atoms with Gasteiger partial charge >= 0.3 is 5.97 Å². The Morgan fingerprint density at radius 3 is 2.79 bits per heavy atom. The van der Waals surface area contributed by atoms with Crippen molar-refractivity contribution < 1.29 is 14.6 Å². The number of carboxylic acids is 1. The molecule has 0 saturated carbocycles. The Bertz CT molecular complexity index is 592. The molecule has 1 N–H and O–H groups in total. The van der Waals surface area contributed by atoms with Crippen molar-refractivity contribution in [1.29, 1.82) is 0 Å². The van der Waals surface area contributed by atoms with E-state index in [9.17, 15) is 4.79 Å². The Kier molecular flexibility index (Phi) is 3.80. The quantitative estimate of drug-likeness (QED) is 0.892. The molecule has 0 aliphatic rings. The maximum absolute atomic E-state index is 11.0. The van der Waals surface area contributed by atoms with Crippen LogP contribution in [0.3, 0.4) is 0 Å². The van der Waals surface area contributed by atoms with Crippen molar-refractivity contribution in [2.75, 3.05) is 13.7 Å². The summed E-state index contributed by atoms with van der Waals surface area (Å²) in [7, 11) is 1.64. The fourth-order valence-electron chi connectivity index (χ4n) is 2.03. The molecule has 0 amide bonds. The molecule has 1 unspecified atom stereocenters. The van der Waals surface area contributed by atoms with Crippen molar-refractivity contribution in [1.82, 2.24) is 15.0 Å². The molecule has 0 bridgehead atoms. The van der Waals surface area contributed by atoms with E-state index >= 15 is 0 Å². The van der Waals surface area contributed by atoms with Crippen molar-refractivity contribution in [2.45, 2.75) is 19.9 Å². The number of fused-ring (bicyclic) bond motifs is 1. The second-order valence-corrected chi connectivity index (χ2v) is 4.81. The first-order valence-electron chi connectivity index (χ1n) is 6.11. The van der Waals surface area contributed by atoms with Crippen LogP contribution in [0.1, 0.15) is 30.2 Å². The average molecular weight is 263 g/mol. The van der Waals surface area contributed by atoms with Crippen LogP contribution >= 0.6 is 0 Å². The predicted octanol–water partition coefficient (Wildman–Crippen LogP) is 1.97. The van der Waals surface area contributed by atoms with Gasteiger partial charge in [-0.25, -0.2) is 9.48 Å². The number of methoxy groups -OCH3 is 1. The van der Waals surface area contributed by atoms with Gasteiger partial charge in [0.2, 0.25) is 0 Å². The molecular weight excluding hydrogens is 246 g/mol. The normalized spacial score (nSPS) is 13.1. The van der Waals surface area contributed by atoms with Crippen LogP contribution in [0.5, 0.6) is 0 Å². The summed E-state index contributed by atoms with van der Waals surface area (Å²) >= 11 is 0. The van der Waals surface area contributed by atoms with Gasteiger partial charge in [0, 0.05) is 7.11 Å². The van der Waals surface area contributed by atoms with Crippen LogP contribution in [-0.2, 0) is 4.74 Å². The molecule has 0 aliphatic heterocycles. The summed E-state index contributed by atoms with van der Waals surface area (Å²) in [6.07, 6.45) is 0. The number of benzene rings is 1. The summed E-state index contributed by atoms with van der Waals surface area (Å²) < 4.78 is 6.96. The number of nitrogens with zero attached hydrogens (tertiary/aromatic N) is 3. The second kappa shape index (κ2) is 5.36. The predicted molar refractivity (Wildman–Crippen MR) is 70.2 cm³/mol. The molecule has 0 aliphatic carbocycles. The van der Waals surface area contributed by atoms with Gasteiger partial charge in [0.05, 0.1) is 23.7 Å². The van der Waals surface area contributed by atoms with Gasteiger partial charge in [-0.15, -0.1) is 5.10 Å². The monoisotopic (exact) mass is 263 g/mol. The molecule has 2 rings (SSSR count). The van der Waals surface area contributed by atoms with Gasteiger partial charge in [-0.2, -0.15) is 0 Å². The largest absolute Gasteiger partial charge is 0.478 e. The summed E-state index contributed by atoms with van der Waals surface area (Å²) in [5, 5.41) is 17.2. The number of ether oxygens (including phenoxy) is 1. The van der Waals surface area contributed by atoms with Gasteiger partial charge in [0.1, 0.15) is 5.52 Å². The van der Waals surface area contributed by atoms with Crippen LogP contribution in [-0.4, -0.2) is 39.8 Å². The molecule has 0 spiro atoms. The maximum atomic E-state index is 11.0. The molecule has 6 nitrogen and oxygen atoms in total. The fourth-order valence-corrected chi connectivity index (χ4v) is 2.03. The Balaban J connectivity index is 2.53. The Morgan fingerprint density at radius 1 is 1.47 bits per heavy atom. The van der Waals surface area contributed by atoms with E-state index in [1.807, 2.05) is 0 Å². The van der Waals surface area contributed by atoms with Gasteiger partial charge in [-0.05, 0) is 24.1 Å². The summed E-state index contributed by atoms with van der Waals surface area (Å²) in [6, 6.07) is 4.83. The van der Waals surface area contributed by atoms with E-state index < -0.39 is 5.97 Å². The van der Waals surface area contributed by atoms with Crippen LogP contribution < -0.4 is 0 Å². The van der Waals surface area contributed by atoms with Crippen LogP contribution in [0, 0.1) is 5.92 Å². The third-order valence-electron chi connectivity index (χ3n) is 3.14. The first-order valence-corrected chi connectivity index (χ1v) is 6.11. The average Bonchev–Trinajstić information content (AvgIpc) is 2.78. The summed E-state index contributed by atoms with van der Waals surface area (Å²) in [5.41, 5.74) is 1.64. The SMILES string of the molecule is COCC(C(C)C)n1nnc2ccc(C(=O)O)cc21. The minimum absolute atomic E-state index is 0.0269. The van der Waals surface area contributed by atoms with Crippen molar-refractivity contribution in [3.05, 3.63) is 23.8 Å². The van der Waals surface area contributed by atoms with Gasteiger partial charge in [0.15, 0.2) is 0 Å². The zero-order chi connectivity index (χ0) is 14.0. The van der Waals surface area contributed by atoms with Gasteiger partial charge in [0.25, 0.3) is 0 Å². The summed E-state index contributed by atoms with van der Waals surface area (Å²) in [5.74, 6) is -0.652. The molecule has 0 radical (unpaired) electrons. The zero-order valence-electron chi connectivity index (χ0n) is 11.2. The Morgan fingerprint density at radius 2 is 2.21 bits per heavy atom. The van der Waals surface area contributed by atoms with Crippen LogP contribution in [0.15, 0.2) is 18.2 Å². The summed E-state index contributed by atoms with van der Waals surface area (Å²) in [6.45, 7) is 4.64. The highest BCUT2D eigenvalue weighted by atomic mass is 16.5. The first-order chi connectivity index (χ1) is 9.04. The van der Waals surface area contributed by atoms with E-state index in [1.54, 1.807) is 23.9 Å². The first kappa shape index (κ1) is 13.5. The Labute approximate surface area is 111 Å². The van der Waals surface area contributed by atoms with Crippen LogP contribution in [0.25, 0.3) is 11.0 Å². The minimum Gasteiger partial charge on any atom is -0.478 e. The van der Waals surface area contributed by atoms with E-state index in [1.165, 1.54) is 6.07 Å². The zero-order valence-corrected chi connectivity index (χ0v) is 11.2. The number of hydrogen-bond donors (Lipinski definition) is 1. The number of aromatic carboxylic acids is 1. The molecule has 19 heavy (non-hydrogen) atoms. The van der Waals surface area contributed by atoms with Crippen molar-refractivity contribution in [3.8, 4) is 0 Å². The topological polar surface area (TPSA) is 77.2 Å². The number of aromatic nitrogens is 3. The maximum Gasteiger partial charge on any atom is 0.335 e.